The van der Waals surface area contributed by atoms with E-state index in [0.717, 1.165) is 11.1 Å². The van der Waals surface area contributed by atoms with E-state index >= 15 is 0 Å². The molecule has 2 aromatic heterocycles. The van der Waals surface area contributed by atoms with Gasteiger partial charge in [0, 0.05) is 41.2 Å². The van der Waals surface area contributed by atoms with Gasteiger partial charge in [0.25, 0.3) is 11.5 Å². The summed E-state index contributed by atoms with van der Waals surface area (Å²) in [5.74, 6) is 0.0232. The van der Waals surface area contributed by atoms with Crippen LogP contribution in [0.3, 0.4) is 0 Å². The molecule has 0 bridgehead atoms. The second-order valence-corrected chi connectivity index (χ2v) is 7.68. The summed E-state index contributed by atoms with van der Waals surface area (Å²) in [6, 6.07) is 15.4. The number of fused-ring (bicyclic) bond motifs is 1. The third-order valence-electron chi connectivity index (χ3n) is 5.07. The molecule has 0 atom stereocenters. The van der Waals surface area contributed by atoms with Crippen molar-refractivity contribution < 1.29 is 14.6 Å². The average Bonchev–Trinajstić information content (AvgIpc) is 2.80. The fourth-order valence-corrected chi connectivity index (χ4v) is 3.61. The normalized spacial score (nSPS) is 10.8. The highest BCUT2D eigenvalue weighted by atomic mass is 35.5. The fraction of sp³-hybridized carbons (Fsp3) is 0.125. The number of aromatic amines is 1. The number of carbonyl (C=O) groups excluding carboxylic acids is 1. The van der Waals surface area contributed by atoms with Crippen LogP contribution >= 0.6 is 11.6 Å². The van der Waals surface area contributed by atoms with Gasteiger partial charge >= 0.3 is 0 Å². The quantitative estimate of drug-likeness (QED) is 0.415. The molecule has 32 heavy (non-hydrogen) atoms. The molecule has 7 nitrogen and oxygen atoms in total. The molecule has 0 saturated heterocycles. The lowest BCUT2D eigenvalue weighted by atomic mass is 10.0. The Bertz CT molecular complexity index is 1350. The topological polar surface area (TPSA) is 104 Å². The molecule has 162 valence electrons. The molecule has 0 saturated carbocycles. The lowest BCUT2D eigenvalue weighted by molar-refractivity contribution is 0.0951. The number of pyridine rings is 2. The third-order valence-corrected chi connectivity index (χ3v) is 5.31. The second kappa shape index (κ2) is 9.11. The van der Waals surface area contributed by atoms with E-state index in [1.54, 1.807) is 48.7 Å². The summed E-state index contributed by atoms with van der Waals surface area (Å²) in [6.07, 6.45) is 1.83. The zero-order valence-corrected chi connectivity index (χ0v) is 17.9. The van der Waals surface area contributed by atoms with Gasteiger partial charge in [-0.2, -0.15) is 0 Å². The maximum absolute atomic E-state index is 12.7. The first-order valence-electron chi connectivity index (χ1n) is 9.84. The summed E-state index contributed by atoms with van der Waals surface area (Å²) >= 11 is 6.03. The Morgan fingerprint density at radius 2 is 2.00 bits per heavy atom. The number of hydrogen-bond donors (Lipinski definition) is 3. The van der Waals surface area contributed by atoms with E-state index in [1.807, 2.05) is 12.1 Å². The van der Waals surface area contributed by atoms with E-state index < -0.39 is 0 Å². The molecule has 8 heteroatoms. The van der Waals surface area contributed by atoms with Gasteiger partial charge in [0.1, 0.15) is 5.75 Å². The highest BCUT2D eigenvalue weighted by Crippen LogP contribution is 2.28. The highest BCUT2D eigenvalue weighted by molar-refractivity contribution is 6.30. The number of nitrogens with one attached hydrogen (secondary N) is 2. The van der Waals surface area contributed by atoms with Gasteiger partial charge in [0.2, 0.25) is 5.88 Å². The molecule has 2 heterocycles. The molecule has 0 aliphatic heterocycles. The van der Waals surface area contributed by atoms with Crippen LogP contribution in [0.15, 0.2) is 65.6 Å². The van der Waals surface area contributed by atoms with Crippen molar-refractivity contribution in [1.29, 1.82) is 0 Å². The molecule has 3 N–H and O–H groups in total. The number of hydrogen-bond acceptors (Lipinski definition) is 5. The maximum atomic E-state index is 12.7. The van der Waals surface area contributed by atoms with Gasteiger partial charge in [-0.25, -0.2) is 4.98 Å². The molecule has 0 aliphatic carbocycles. The van der Waals surface area contributed by atoms with Crippen molar-refractivity contribution in [3.8, 4) is 11.6 Å². The number of rotatable bonds is 6. The predicted octanol–water partition coefficient (Wildman–Crippen LogP) is 3.81. The van der Waals surface area contributed by atoms with Gasteiger partial charge in [-0.15, -0.1) is 0 Å². The third kappa shape index (κ3) is 4.58. The van der Waals surface area contributed by atoms with Gasteiger partial charge in [0.15, 0.2) is 0 Å². The smallest absolute Gasteiger partial charge is 0.255 e. The van der Waals surface area contributed by atoms with Gasteiger partial charge in [-0.05, 0) is 41.5 Å². The van der Waals surface area contributed by atoms with Crippen LogP contribution in [0, 0.1) is 0 Å². The molecule has 4 rings (SSSR count). The Labute approximate surface area is 188 Å². The van der Waals surface area contributed by atoms with Crippen LogP contribution in [-0.4, -0.2) is 28.1 Å². The van der Waals surface area contributed by atoms with Gasteiger partial charge in [-0.3, -0.25) is 9.59 Å². The summed E-state index contributed by atoms with van der Waals surface area (Å²) in [5.41, 5.74) is 2.23. The Balaban J connectivity index is 1.59. The minimum absolute atomic E-state index is 0.155. The highest BCUT2D eigenvalue weighted by Gasteiger charge is 2.15. The molecule has 1 amide bonds. The Morgan fingerprint density at radius 1 is 1.16 bits per heavy atom. The van der Waals surface area contributed by atoms with Crippen molar-refractivity contribution in [1.82, 2.24) is 15.3 Å². The van der Waals surface area contributed by atoms with E-state index in [1.165, 1.54) is 7.11 Å². The van der Waals surface area contributed by atoms with Crippen molar-refractivity contribution >= 4 is 28.4 Å². The van der Waals surface area contributed by atoms with Crippen LogP contribution in [0.4, 0.5) is 0 Å². The monoisotopic (exact) mass is 449 g/mol. The number of H-pyrrole nitrogens is 1. The average molecular weight is 450 g/mol. The maximum Gasteiger partial charge on any atom is 0.255 e. The summed E-state index contributed by atoms with van der Waals surface area (Å²) in [4.78, 5) is 32.1. The molecular weight excluding hydrogens is 430 g/mol. The number of benzene rings is 2. The van der Waals surface area contributed by atoms with Crippen LogP contribution in [-0.2, 0) is 13.0 Å². The van der Waals surface area contributed by atoms with Crippen LogP contribution in [0.25, 0.3) is 10.9 Å². The molecule has 4 aromatic rings. The van der Waals surface area contributed by atoms with Crippen molar-refractivity contribution in [3.05, 3.63) is 98.4 Å². The van der Waals surface area contributed by atoms with E-state index in [4.69, 9.17) is 16.3 Å². The first-order valence-corrected chi connectivity index (χ1v) is 10.2. The molecular formula is C24H20ClN3O4. The van der Waals surface area contributed by atoms with Crippen LogP contribution < -0.4 is 15.6 Å². The lowest BCUT2D eigenvalue weighted by Gasteiger charge is -2.10. The molecule has 0 radical (unpaired) electrons. The Hall–Kier alpha value is -3.84. The van der Waals surface area contributed by atoms with Crippen molar-refractivity contribution in [2.45, 2.75) is 13.0 Å². The van der Waals surface area contributed by atoms with Crippen molar-refractivity contribution in [2.75, 3.05) is 7.11 Å². The summed E-state index contributed by atoms with van der Waals surface area (Å²) in [6.45, 7) is 0.283. The molecule has 0 spiro atoms. The zero-order chi connectivity index (χ0) is 22.7. The SMILES string of the molecule is COc1ccc(CNC(=O)c2ccc3[nH]c(=O)c(Cc4cccc(Cl)c4)c(O)c3c2)cn1. The minimum atomic E-state index is -0.390. The fourth-order valence-electron chi connectivity index (χ4n) is 3.39. The minimum Gasteiger partial charge on any atom is -0.507 e. The van der Waals surface area contributed by atoms with Gasteiger partial charge in [-0.1, -0.05) is 29.8 Å². The molecule has 0 fully saturated rings. The first-order chi connectivity index (χ1) is 15.4. The largest absolute Gasteiger partial charge is 0.507 e. The predicted molar refractivity (Wildman–Crippen MR) is 122 cm³/mol. The molecule has 2 aromatic carbocycles. The van der Waals surface area contributed by atoms with Crippen LogP contribution in [0.5, 0.6) is 11.6 Å². The number of nitrogens with zero attached hydrogens (tertiary/aromatic N) is 1. The van der Waals surface area contributed by atoms with E-state index in [-0.39, 0.29) is 35.7 Å². The van der Waals surface area contributed by atoms with Gasteiger partial charge in [0.05, 0.1) is 18.2 Å². The first kappa shape index (κ1) is 21.4. The van der Waals surface area contributed by atoms with Crippen LogP contribution in [0.1, 0.15) is 27.0 Å². The number of amides is 1. The standard InChI is InChI=1S/C24H20ClN3O4/c1-32-21-8-5-15(12-26-21)13-27-23(30)16-6-7-20-18(11-16)22(29)19(24(31)28-20)10-14-3-2-4-17(25)9-14/h2-9,11-12H,10,13H2,1H3,(H,27,30)(H2,28,29,31). The summed E-state index contributed by atoms with van der Waals surface area (Å²) in [5, 5.41) is 14.6. The number of aromatic hydroxyl groups is 1. The lowest BCUT2D eigenvalue weighted by Crippen LogP contribution is -2.23. The number of ether oxygens (including phenoxy) is 1. The number of aromatic nitrogens is 2. The molecule has 0 unspecified atom stereocenters. The number of carbonyl (C=O) groups is 1. The summed E-state index contributed by atoms with van der Waals surface area (Å²) < 4.78 is 5.02. The molecule has 0 aliphatic rings. The van der Waals surface area contributed by atoms with Crippen molar-refractivity contribution in [3.63, 3.8) is 0 Å². The number of methoxy groups -OCH3 is 1. The zero-order valence-electron chi connectivity index (χ0n) is 17.2. The van der Waals surface area contributed by atoms with Gasteiger partial charge < -0.3 is 20.1 Å². The summed E-state index contributed by atoms with van der Waals surface area (Å²) in [7, 11) is 1.53. The Kier molecular flexibility index (Phi) is 6.09. The second-order valence-electron chi connectivity index (χ2n) is 7.24. The van der Waals surface area contributed by atoms with Crippen molar-refractivity contribution in [2.24, 2.45) is 0 Å². The van der Waals surface area contributed by atoms with E-state index in [9.17, 15) is 14.7 Å². The van der Waals surface area contributed by atoms with E-state index in [2.05, 4.69) is 15.3 Å². The number of halogens is 1. The van der Waals surface area contributed by atoms with E-state index in [0.29, 0.717) is 27.4 Å². The Morgan fingerprint density at radius 3 is 2.72 bits per heavy atom. The van der Waals surface area contributed by atoms with Crippen LogP contribution in [0.2, 0.25) is 5.02 Å².